The Hall–Kier alpha value is -1.59. The van der Waals surface area contributed by atoms with Gasteiger partial charge in [0.1, 0.15) is 5.78 Å². The SMILES string of the molecule is CCCCC(=O)CCCC(=O)ONC(=O)NC. The van der Waals surface area contributed by atoms with E-state index in [0.717, 1.165) is 12.8 Å². The van der Waals surface area contributed by atoms with Crippen LogP contribution in [-0.4, -0.2) is 24.8 Å². The Kier molecular flexibility index (Phi) is 8.72. The zero-order chi connectivity index (χ0) is 13.1. The van der Waals surface area contributed by atoms with Crippen molar-refractivity contribution in [3.05, 3.63) is 0 Å². The predicted molar refractivity (Wildman–Crippen MR) is 62.1 cm³/mol. The lowest BCUT2D eigenvalue weighted by atomic mass is 10.1. The molecule has 0 aliphatic carbocycles. The fraction of sp³-hybridized carbons (Fsp3) is 0.727. The lowest BCUT2D eigenvalue weighted by molar-refractivity contribution is -0.148. The summed E-state index contributed by atoms with van der Waals surface area (Å²) in [7, 11) is 1.41. The van der Waals surface area contributed by atoms with Crippen LogP contribution < -0.4 is 10.8 Å². The van der Waals surface area contributed by atoms with Gasteiger partial charge in [0.15, 0.2) is 0 Å². The van der Waals surface area contributed by atoms with Crippen molar-refractivity contribution in [3.63, 3.8) is 0 Å². The number of amides is 2. The molecule has 0 unspecified atom stereocenters. The Morgan fingerprint density at radius 2 is 1.71 bits per heavy atom. The minimum absolute atomic E-state index is 0.127. The summed E-state index contributed by atoms with van der Waals surface area (Å²) in [6, 6.07) is -0.586. The molecule has 2 amide bonds. The highest BCUT2D eigenvalue weighted by molar-refractivity contribution is 5.79. The normalized spacial score (nSPS) is 9.53. The minimum Gasteiger partial charge on any atom is -0.339 e. The third kappa shape index (κ3) is 9.35. The summed E-state index contributed by atoms with van der Waals surface area (Å²) >= 11 is 0. The average molecular weight is 244 g/mol. The molecule has 0 aromatic rings. The van der Waals surface area contributed by atoms with Gasteiger partial charge in [0.2, 0.25) is 0 Å². The van der Waals surface area contributed by atoms with Crippen molar-refractivity contribution < 1.29 is 19.2 Å². The van der Waals surface area contributed by atoms with Crippen LogP contribution in [0.25, 0.3) is 0 Å². The van der Waals surface area contributed by atoms with Gasteiger partial charge in [-0.05, 0) is 12.8 Å². The summed E-state index contributed by atoms with van der Waals surface area (Å²) in [5, 5.41) is 2.24. The standard InChI is InChI=1S/C11H20N2O4/c1-3-4-6-9(14)7-5-8-10(15)17-13-11(16)12-2/h3-8H2,1-2H3,(H2,12,13,16). The lowest BCUT2D eigenvalue weighted by Gasteiger charge is -2.04. The number of urea groups is 1. The fourth-order valence-electron chi connectivity index (χ4n) is 1.13. The maximum Gasteiger partial charge on any atom is 0.347 e. The van der Waals surface area contributed by atoms with Gasteiger partial charge in [0.05, 0.1) is 0 Å². The van der Waals surface area contributed by atoms with Crippen LogP contribution in [0, 0.1) is 0 Å². The molecule has 0 atom stereocenters. The Morgan fingerprint density at radius 3 is 2.29 bits per heavy atom. The Balaban J connectivity index is 3.50. The van der Waals surface area contributed by atoms with E-state index in [1.165, 1.54) is 7.05 Å². The molecular formula is C11H20N2O4. The first-order valence-electron chi connectivity index (χ1n) is 5.79. The van der Waals surface area contributed by atoms with Crippen molar-refractivity contribution in [2.45, 2.75) is 45.4 Å². The smallest absolute Gasteiger partial charge is 0.339 e. The van der Waals surface area contributed by atoms with E-state index in [0.29, 0.717) is 19.3 Å². The maximum absolute atomic E-state index is 11.3. The molecule has 0 bridgehead atoms. The van der Waals surface area contributed by atoms with Gasteiger partial charge in [-0.1, -0.05) is 13.3 Å². The number of ketones is 1. The van der Waals surface area contributed by atoms with Gasteiger partial charge in [0.25, 0.3) is 0 Å². The molecule has 0 heterocycles. The number of unbranched alkanes of at least 4 members (excludes halogenated alkanes) is 1. The lowest BCUT2D eigenvalue weighted by Crippen LogP contribution is -2.34. The van der Waals surface area contributed by atoms with Crippen molar-refractivity contribution >= 4 is 17.8 Å². The Labute approximate surface area is 101 Å². The van der Waals surface area contributed by atoms with E-state index in [4.69, 9.17) is 0 Å². The summed E-state index contributed by atoms with van der Waals surface area (Å²) in [4.78, 5) is 37.5. The Morgan fingerprint density at radius 1 is 1.06 bits per heavy atom. The highest BCUT2D eigenvalue weighted by atomic mass is 16.7. The van der Waals surface area contributed by atoms with Gasteiger partial charge >= 0.3 is 12.0 Å². The van der Waals surface area contributed by atoms with Crippen molar-refractivity contribution in [1.82, 2.24) is 10.8 Å². The molecule has 2 N–H and O–H groups in total. The van der Waals surface area contributed by atoms with Gasteiger partial charge < -0.3 is 10.2 Å². The first kappa shape index (κ1) is 15.4. The molecule has 0 fully saturated rings. The first-order valence-corrected chi connectivity index (χ1v) is 5.79. The summed E-state index contributed by atoms with van der Waals surface area (Å²) in [6.45, 7) is 2.02. The van der Waals surface area contributed by atoms with E-state index in [9.17, 15) is 14.4 Å². The zero-order valence-electron chi connectivity index (χ0n) is 10.4. The van der Waals surface area contributed by atoms with Crippen molar-refractivity contribution in [2.24, 2.45) is 0 Å². The number of carbonyl (C=O) groups excluding carboxylic acids is 3. The number of hydroxylamine groups is 1. The van der Waals surface area contributed by atoms with Gasteiger partial charge in [0, 0.05) is 26.3 Å². The van der Waals surface area contributed by atoms with E-state index >= 15 is 0 Å². The number of rotatable bonds is 7. The van der Waals surface area contributed by atoms with Crippen LogP contribution in [0.2, 0.25) is 0 Å². The monoisotopic (exact) mass is 244 g/mol. The third-order valence-electron chi connectivity index (χ3n) is 2.13. The Bertz CT molecular complexity index is 266. The molecule has 17 heavy (non-hydrogen) atoms. The number of Topliss-reactive ketones (excluding diaryl/α,β-unsaturated/α-hetero) is 1. The first-order chi connectivity index (χ1) is 8.10. The minimum atomic E-state index is -0.586. The summed E-state index contributed by atoms with van der Waals surface area (Å²) in [5.74, 6) is -0.379. The van der Waals surface area contributed by atoms with Gasteiger partial charge in [-0.15, -0.1) is 0 Å². The molecule has 0 aromatic carbocycles. The van der Waals surface area contributed by atoms with Crippen LogP contribution in [0.3, 0.4) is 0 Å². The molecule has 0 aromatic heterocycles. The number of hydrogen-bond donors (Lipinski definition) is 2. The van der Waals surface area contributed by atoms with E-state index < -0.39 is 12.0 Å². The zero-order valence-corrected chi connectivity index (χ0v) is 10.4. The third-order valence-corrected chi connectivity index (χ3v) is 2.13. The quantitative estimate of drug-likeness (QED) is 0.661. The molecule has 6 heteroatoms. The van der Waals surface area contributed by atoms with E-state index in [1.54, 1.807) is 0 Å². The second-order valence-corrected chi connectivity index (χ2v) is 3.65. The highest BCUT2D eigenvalue weighted by Gasteiger charge is 2.07. The maximum atomic E-state index is 11.3. The molecule has 0 aliphatic rings. The van der Waals surface area contributed by atoms with Crippen LogP contribution in [0.15, 0.2) is 0 Å². The summed E-state index contributed by atoms with van der Waals surface area (Å²) in [6.07, 6.45) is 3.42. The van der Waals surface area contributed by atoms with Crippen molar-refractivity contribution in [1.29, 1.82) is 0 Å². The number of nitrogens with one attached hydrogen (secondary N) is 2. The molecule has 0 saturated carbocycles. The predicted octanol–water partition coefficient (Wildman–Crippen LogP) is 1.30. The summed E-state index contributed by atoms with van der Waals surface area (Å²) < 4.78 is 0. The van der Waals surface area contributed by atoms with Crippen LogP contribution in [0.5, 0.6) is 0 Å². The van der Waals surface area contributed by atoms with Crippen LogP contribution in [0.1, 0.15) is 45.4 Å². The van der Waals surface area contributed by atoms with E-state index in [-0.39, 0.29) is 12.2 Å². The molecule has 0 aliphatic heterocycles. The average Bonchev–Trinajstić information content (AvgIpc) is 2.33. The van der Waals surface area contributed by atoms with Gasteiger partial charge in [-0.25, -0.2) is 9.59 Å². The highest BCUT2D eigenvalue weighted by Crippen LogP contribution is 2.03. The largest absolute Gasteiger partial charge is 0.347 e. The van der Waals surface area contributed by atoms with Gasteiger partial charge in [-0.3, -0.25) is 4.79 Å². The topological polar surface area (TPSA) is 84.5 Å². The summed E-state index contributed by atoms with van der Waals surface area (Å²) in [5.41, 5.74) is 1.92. The molecular weight excluding hydrogens is 224 g/mol. The van der Waals surface area contributed by atoms with Crippen molar-refractivity contribution in [2.75, 3.05) is 7.05 Å². The molecule has 6 nitrogen and oxygen atoms in total. The van der Waals surface area contributed by atoms with E-state index in [1.807, 2.05) is 12.4 Å². The molecule has 0 spiro atoms. The molecule has 98 valence electrons. The molecule has 0 rings (SSSR count). The van der Waals surface area contributed by atoms with Crippen LogP contribution in [0.4, 0.5) is 4.79 Å². The number of hydrogen-bond acceptors (Lipinski definition) is 4. The van der Waals surface area contributed by atoms with Crippen LogP contribution >= 0.6 is 0 Å². The van der Waals surface area contributed by atoms with E-state index in [2.05, 4.69) is 10.2 Å². The fourth-order valence-corrected chi connectivity index (χ4v) is 1.13. The van der Waals surface area contributed by atoms with Crippen molar-refractivity contribution in [3.8, 4) is 0 Å². The van der Waals surface area contributed by atoms with Crippen LogP contribution in [-0.2, 0) is 14.4 Å². The second kappa shape index (κ2) is 9.62. The molecule has 0 radical (unpaired) electrons. The number of carbonyl (C=O) groups is 3. The van der Waals surface area contributed by atoms with Gasteiger partial charge in [-0.2, -0.15) is 5.48 Å². The second-order valence-electron chi connectivity index (χ2n) is 3.65. The molecule has 0 saturated heterocycles.